The van der Waals surface area contributed by atoms with E-state index in [0.29, 0.717) is 11.8 Å². The summed E-state index contributed by atoms with van der Waals surface area (Å²) in [6, 6.07) is 2.39. The Bertz CT molecular complexity index is 795. The van der Waals surface area contributed by atoms with Crippen LogP contribution in [0, 0.1) is 0 Å². The van der Waals surface area contributed by atoms with Crippen LogP contribution in [0.15, 0.2) is 18.5 Å². The quantitative estimate of drug-likeness (QED) is 0.843. The van der Waals surface area contributed by atoms with E-state index in [4.69, 9.17) is 9.47 Å². The van der Waals surface area contributed by atoms with E-state index in [-0.39, 0.29) is 18.2 Å². The number of carbonyl (C=O) groups is 1. The maximum atomic E-state index is 11.9. The monoisotopic (exact) mass is 371 g/mol. The van der Waals surface area contributed by atoms with Crippen molar-refractivity contribution < 1.29 is 14.3 Å². The number of pyridine rings is 1. The summed E-state index contributed by atoms with van der Waals surface area (Å²) in [7, 11) is 0. The highest BCUT2D eigenvalue weighted by Crippen LogP contribution is 2.38. The second-order valence-corrected chi connectivity index (χ2v) is 8.13. The number of aromatic amines is 1. The molecule has 2 N–H and O–H groups in total. The Morgan fingerprint density at radius 3 is 2.85 bits per heavy atom. The van der Waals surface area contributed by atoms with Crippen LogP contribution in [-0.2, 0) is 9.47 Å². The molecule has 1 amide bonds. The highest BCUT2D eigenvalue weighted by atomic mass is 16.6. The van der Waals surface area contributed by atoms with Crippen molar-refractivity contribution in [3.8, 4) is 0 Å². The molecule has 3 heterocycles. The Kier molecular flexibility index (Phi) is 5.34. The predicted octanol–water partition coefficient (Wildman–Crippen LogP) is 4.23. The lowest BCUT2D eigenvalue weighted by molar-refractivity contribution is 0.0856. The zero-order valence-corrected chi connectivity index (χ0v) is 16.2. The van der Waals surface area contributed by atoms with Crippen LogP contribution < -0.4 is 5.32 Å². The van der Waals surface area contributed by atoms with E-state index in [2.05, 4.69) is 27.5 Å². The third kappa shape index (κ3) is 4.10. The van der Waals surface area contributed by atoms with Crippen molar-refractivity contribution in [3.05, 3.63) is 29.6 Å². The zero-order chi connectivity index (χ0) is 18.8. The molecule has 1 saturated heterocycles. The largest absolute Gasteiger partial charge is 0.446 e. The summed E-state index contributed by atoms with van der Waals surface area (Å²) in [6.07, 6.45) is 8.74. The fourth-order valence-electron chi connectivity index (χ4n) is 4.38. The second kappa shape index (κ2) is 7.89. The van der Waals surface area contributed by atoms with Gasteiger partial charge < -0.3 is 19.8 Å². The van der Waals surface area contributed by atoms with Crippen molar-refractivity contribution in [2.24, 2.45) is 0 Å². The van der Waals surface area contributed by atoms with Crippen molar-refractivity contribution in [3.63, 3.8) is 0 Å². The van der Waals surface area contributed by atoms with E-state index in [9.17, 15) is 4.79 Å². The minimum Gasteiger partial charge on any atom is -0.446 e. The number of hydrogen-bond donors (Lipinski definition) is 2. The molecule has 1 saturated carbocycles. The van der Waals surface area contributed by atoms with Gasteiger partial charge in [0.1, 0.15) is 11.8 Å². The van der Waals surface area contributed by atoms with Crippen LogP contribution in [0.2, 0.25) is 0 Å². The first kappa shape index (κ1) is 18.3. The Morgan fingerprint density at radius 2 is 2.07 bits per heavy atom. The molecular weight excluding hydrogens is 342 g/mol. The van der Waals surface area contributed by atoms with Gasteiger partial charge in [-0.2, -0.15) is 0 Å². The van der Waals surface area contributed by atoms with Crippen LogP contribution in [0.5, 0.6) is 0 Å². The third-order valence-corrected chi connectivity index (χ3v) is 5.78. The molecule has 2 aromatic rings. The van der Waals surface area contributed by atoms with Crippen molar-refractivity contribution >= 4 is 17.1 Å². The van der Waals surface area contributed by atoms with E-state index in [1.54, 1.807) is 0 Å². The molecular formula is C21H29N3O3. The van der Waals surface area contributed by atoms with Gasteiger partial charge in [-0.15, -0.1) is 0 Å². The number of rotatable bonds is 4. The Hall–Kier alpha value is -2.08. The number of nitrogens with zero attached hydrogens (tertiary/aromatic N) is 1. The van der Waals surface area contributed by atoms with Crippen molar-refractivity contribution in [2.75, 3.05) is 13.2 Å². The smallest absolute Gasteiger partial charge is 0.407 e. The van der Waals surface area contributed by atoms with E-state index >= 15 is 0 Å². The minimum absolute atomic E-state index is 0.00867. The summed E-state index contributed by atoms with van der Waals surface area (Å²) in [4.78, 5) is 19.8. The normalized spacial score (nSPS) is 23.8. The number of hydrogen-bond acceptors (Lipinski definition) is 4. The number of H-pyrrole nitrogens is 1. The molecule has 2 fully saturated rings. The maximum absolute atomic E-state index is 11.9. The summed E-state index contributed by atoms with van der Waals surface area (Å²) in [5.74, 6) is 0.945. The second-order valence-electron chi connectivity index (χ2n) is 8.13. The highest BCUT2D eigenvalue weighted by molar-refractivity contribution is 5.81. The fourth-order valence-corrected chi connectivity index (χ4v) is 4.38. The van der Waals surface area contributed by atoms with Gasteiger partial charge in [0, 0.05) is 37.0 Å². The van der Waals surface area contributed by atoms with Crippen LogP contribution in [-0.4, -0.2) is 41.4 Å². The van der Waals surface area contributed by atoms with Gasteiger partial charge in [0.25, 0.3) is 0 Å². The van der Waals surface area contributed by atoms with Crippen LogP contribution >= 0.6 is 0 Å². The third-order valence-electron chi connectivity index (χ3n) is 5.78. The first-order valence-electron chi connectivity index (χ1n) is 10.1. The first-order valence-corrected chi connectivity index (χ1v) is 10.1. The zero-order valence-electron chi connectivity index (χ0n) is 16.2. The average molecular weight is 371 g/mol. The Balaban J connectivity index is 1.47. The van der Waals surface area contributed by atoms with Crippen LogP contribution in [0.1, 0.15) is 68.9 Å². The molecule has 0 unspecified atom stereocenters. The molecule has 4 rings (SSSR count). The maximum Gasteiger partial charge on any atom is 0.407 e. The molecule has 1 aliphatic carbocycles. The fraction of sp³-hybridized carbons (Fsp3) is 0.619. The Labute approximate surface area is 160 Å². The number of carbonyl (C=O) groups excluding carboxylic acids is 1. The summed E-state index contributed by atoms with van der Waals surface area (Å²) in [5.41, 5.74) is 3.58. The molecule has 146 valence electrons. The Morgan fingerprint density at radius 1 is 1.26 bits per heavy atom. The van der Waals surface area contributed by atoms with Crippen LogP contribution in [0.4, 0.5) is 4.79 Å². The number of aromatic nitrogens is 2. The van der Waals surface area contributed by atoms with E-state index in [1.807, 2.05) is 20.0 Å². The first-order chi connectivity index (χ1) is 13.1. The number of nitrogens with one attached hydrogen (secondary N) is 2. The number of fused-ring (bicyclic) bond motifs is 1. The lowest BCUT2D eigenvalue weighted by atomic mass is 9.90. The lowest BCUT2D eigenvalue weighted by Gasteiger charge is -2.21. The van der Waals surface area contributed by atoms with Gasteiger partial charge in [-0.1, -0.05) is 0 Å². The summed E-state index contributed by atoms with van der Waals surface area (Å²) < 4.78 is 11.1. The van der Waals surface area contributed by atoms with Gasteiger partial charge in [0.2, 0.25) is 0 Å². The molecule has 0 bridgehead atoms. The molecule has 2 aromatic heterocycles. The van der Waals surface area contributed by atoms with Crippen molar-refractivity contribution in [2.45, 2.75) is 69.9 Å². The van der Waals surface area contributed by atoms with Crippen LogP contribution in [0.25, 0.3) is 11.0 Å². The van der Waals surface area contributed by atoms with Crippen molar-refractivity contribution in [1.82, 2.24) is 15.3 Å². The van der Waals surface area contributed by atoms with E-state index in [0.717, 1.165) is 51.0 Å². The summed E-state index contributed by atoms with van der Waals surface area (Å²) >= 11 is 0. The molecule has 0 radical (unpaired) electrons. The SMILES string of the molecule is CC(C)NC(=O)O[C@@H]1CC[C@H](c2cnc3[nH]cc(C4CCOCC4)c3c2)C1. The standard InChI is InChI=1S/C21H29N3O3/c1-13(2)24-21(25)27-17-4-3-15(9-17)16-10-18-19(12-23-20(18)22-11-16)14-5-7-26-8-6-14/h10-15,17H,3-9H2,1-2H3,(H,22,23)(H,24,25)/t15-,17+/m0/s1. The molecule has 27 heavy (non-hydrogen) atoms. The van der Waals surface area contributed by atoms with E-state index < -0.39 is 0 Å². The van der Waals surface area contributed by atoms with Crippen molar-refractivity contribution in [1.29, 1.82) is 0 Å². The highest BCUT2D eigenvalue weighted by Gasteiger charge is 2.29. The molecule has 6 nitrogen and oxygen atoms in total. The van der Waals surface area contributed by atoms with Gasteiger partial charge in [-0.3, -0.25) is 0 Å². The molecule has 6 heteroatoms. The van der Waals surface area contributed by atoms with Gasteiger partial charge in [0.05, 0.1) is 0 Å². The van der Waals surface area contributed by atoms with Gasteiger partial charge >= 0.3 is 6.09 Å². The average Bonchev–Trinajstić information content (AvgIpc) is 3.28. The predicted molar refractivity (Wildman–Crippen MR) is 104 cm³/mol. The van der Waals surface area contributed by atoms with Crippen LogP contribution in [0.3, 0.4) is 0 Å². The van der Waals surface area contributed by atoms with Gasteiger partial charge in [0.15, 0.2) is 0 Å². The van der Waals surface area contributed by atoms with Gasteiger partial charge in [-0.05, 0) is 75.0 Å². The molecule has 0 spiro atoms. The lowest BCUT2D eigenvalue weighted by Crippen LogP contribution is -2.33. The molecule has 2 atom stereocenters. The number of ether oxygens (including phenoxy) is 2. The van der Waals surface area contributed by atoms with E-state index in [1.165, 1.54) is 16.5 Å². The molecule has 1 aliphatic heterocycles. The number of amides is 1. The molecule has 0 aromatic carbocycles. The summed E-state index contributed by atoms with van der Waals surface area (Å²) in [6.45, 7) is 5.55. The minimum atomic E-state index is -0.309. The number of alkyl carbamates (subject to hydrolysis) is 1. The summed E-state index contributed by atoms with van der Waals surface area (Å²) in [5, 5.41) is 4.04. The van der Waals surface area contributed by atoms with Gasteiger partial charge in [-0.25, -0.2) is 9.78 Å². The molecule has 2 aliphatic rings. The topological polar surface area (TPSA) is 76.2 Å².